The van der Waals surface area contributed by atoms with Gasteiger partial charge in [0.25, 0.3) is 5.91 Å². The van der Waals surface area contributed by atoms with E-state index >= 15 is 0 Å². The Morgan fingerprint density at radius 2 is 2.24 bits per heavy atom. The zero-order chi connectivity index (χ0) is 15.0. The second kappa shape index (κ2) is 5.63. The maximum atomic E-state index is 12.2. The highest BCUT2D eigenvalue weighted by molar-refractivity contribution is 9.10. The Hall–Kier alpha value is -1.64. The number of amides is 1. The van der Waals surface area contributed by atoms with Crippen LogP contribution in [0.5, 0.6) is 0 Å². The van der Waals surface area contributed by atoms with Gasteiger partial charge in [0.1, 0.15) is 4.88 Å². The Balaban J connectivity index is 1.84. The van der Waals surface area contributed by atoms with Gasteiger partial charge in [0.15, 0.2) is 0 Å². The fourth-order valence-electron chi connectivity index (χ4n) is 1.91. The predicted octanol–water partition coefficient (Wildman–Crippen LogP) is 2.93. The van der Waals surface area contributed by atoms with E-state index in [0.29, 0.717) is 16.3 Å². The summed E-state index contributed by atoms with van der Waals surface area (Å²) in [5.74, 6) is -0.239. The minimum absolute atomic E-state index is 0.134. The van der Waals surface area contributed by atoms with Gasteiger partial charge in [-0.25, -0.2) is 0 Å². The third-order valence-electron chi connectivity index (χ3n) is 2.90. The largest absolute Gasteiger partial charge is 0.397 e. The highest BCUT2D eigenvalue weighted by Crippen LogP contribution is 2.35. The molecular weight excluding hydrogens is 374 g/mol. The SMILES string of the molecule is Nc1c(C(=O)NCc2csc(=O)[nH]2)sc2ccc(Br)cc12. The number of H-pyrrole nitrogens is 1. The molecular formula is C13H10BrN3O2S2. The smallest absolute Gasteiger partial charge is 0.304 e. The van der Waals surface area contributed by atoms with Crippen molar-refractivity contribution in [1.29, 1.82) is 0 Å². The summed E-state index contributed by atoms with van der Waals surface area (Å²) in [4.78, 5) is 26.3. The minimum atomic E-state index is -0.239. The molecule has 5 nitrogen and oxygen atoms in total. The minimum Gasteiger partial charge on any atom is -0.397 e. The van der Waals surface area contributed by atoms with Crippen LogP contribution in [0.25, 0.3) is 10.1 Å². The van der Waals surface area contributed by atoms with Crippen LogP contribution in [0, 0.1) is 0 Å². The van der Waals surface area contributed by atoms with Crippen molar-refractivity contribution < 1.29 is 4.79 Å². The summed E-state index contributed by atoms with van der Waals surface area (Å²) in [5, 5.41) is 5.31. The molecule has 0 radical (unpaired) electrons. The molecule has 4 N–H and O–H groups in total. The van der Waals surface area contributed by atoms with Crippen LogP contribution < -0.4 is 15.9 Å². The summed E-state index contributed by atoms with van der Waals surface area (Å²) in [5.41, 5.74) is 7.22. The standard InChI is InChI=1S/C13H10BrN3O2S2/c14-6-1-2-9-8(3-6)10(15)11(21-9)12(18)16-4-7-5-20-13(19)17-7/h1-3,5H,4,15H2,(H,16,18)(H,17,19). The number of hydrogen-bond donors (Lipinski definition) is 3. The zero-order valence-corrected chi connectivity index (χ0v) is 13.8. The summed E-state index contributed by atoms with van der Waals surface area (Å²) in [6.45, 7) is 0.273. The van der Waals surface area contributed by atoms with E-state index in [0.717, 1.165) is 25.9 Å². The number of nitrogens with one attached hydrogen (secondary N) is 2. The first kappa shape index (κ1) is 14.3. The number of halogens is 1. The lowest BCUT2D eigenvalue weighted by Crippen LogP contribution is -2.23. The monoisotopic (exact) mass is 383 g/mol. The third kappa shape index (κ3) is 2.87. The lowest BCUT2D eigenvalue weighted by Gasteiger charge is -2.02. The lowest BCUT2D eigenvalue weighted by atomic mass is 10.2. The average molecular weight is 384 g/mol. The number of anilines is 1. The maximum Gasteiger partial charge on any atom is 0.304 e. The molecule has 0 bridgehead atoms. The van der Waals surface area contributed by atoms with Crippen LogP contribution in [0.15, 0.2) is 32.8 Å². The molecule has 0 unspecified atom stereocenters. The Labute approximate surface area is 135 Å². The van der Waals surface area contributed by atoms with Crippen molar-refractivity contribution >= 4 is 60.3 Å². The second-order valence-electron chi connectivity index (χ2n) is 4.34. The Bertz CT molecular complexity index is 881. The highest BCUT2D eigenvalue weighted by atomic mass is 79.9. The quantitative estimate of drug-likeness (QED) is 0.649. The van der Waals surface area contributed by atoms with Crippen LogP contribution >= 0.6 is 38.6 Å². The summed E-state index contributed by atoms with van der Waals surface area (Å²) >= 11 is 5.82. The van der Waals surface area contributed by atoms with Gasteiger partial charge in [-0.3, -0.25) is 9.59 Å². The van der Waals surface area contributed by atoms with Crippen molar-refractivity contribution in [3.8, 4) is 0 Å². The van der Waals surface area contributed by atoms with Crippen molar-refractivity contribution in [3.63, 3.8) is 0 Å². The van der Waals surface area contributed by atoms with Crippen LogP contribution in [0.4, 0.5) is 5.69 Å². The molecule has 8 heteroatoms. The number of carbonyl (C=O) groups excluding carboxylic acids is 1. The van der Waals surface area contributed by atoms with Gasteiger partial charge in [-0.15, -0.1) is 11.3 Å². The Kier molecular flexibility index (Phi) is 3.83. The van der Waals surface area contributed by atoms with Gasteiger partial charge in [-0.2, -0.15) is 0 Å². The Morgan fingerprint density at radius 3 is 2.95 bits per heavy atom. The molecule has 0 aliphatic heterocycles. The summed E-state index contributed by atoms with van der Waals surface area (Å²) < 4.78 is 1.88. The van der Waals surface area contributed by atoms with E-state index in [4.69, 9.17) is 5.73 Å². The number of nitrogens with two attached hydrogens (primary N) is 1. The van der Waals surface area contributed by atoms with Crippen molar-refractivity contribution in [2.45, 2.75) is 6.54 Å². The lowest BCUT2D eigenvalue weighted by molar-refractivity contribution is 0.0955. The molecule has 2 aromatic heterocycles. The number of carbonyl (C=O) groups is 1. The number of nitrogen functional groups attached to an aromatic ring is 1. The van der Waals surface area contributed by atoms with Crippen molar-refractivity contribution in [2.75, 3.05) is 5.73 Å². The van der Waals surface area contributed by atoms with E-state index in [9.17, 15) is 9.59 Å². The van der Waals surface area contributed by atoms with E-state index in [-0.39, 0.29) is 17.3 Å². The topological polar surface area (TPSA) is 88.0 Å². The molecule has 108 valence electrons. The molecule has 0 aliphatic carbocycles. The number of aromatic amines is 1. The number of benzene rings is 1. The van der Waals surface area contributed by atoms with E-state index in [1.54, 1.807) is 5.38 Å². The van der Waals surface area contributed by atoms with Gasteiger partial charge in [-0.1, -0.05) is 27.3 Å². The highest BCUT2D eigenvalue weighted by Gasteiger charge is 2.16. The molecule has 21 heavy (non-hydrogen) atoms. The fourth-order valence-corrected chi connectivity index (χ4v) is 3.88. The molecule has 0 saturated carbocycles. The second-order valence-corrected chi connectivity index (χ2v) is 7.15. The van der Waals surface area contributed by atoms with Crippen LogP contribution in [-0.2, 0) is 6.54 Å². The fraction of sp³-hybridized carbons (Fsp3) is 0.0769. The molecule has 3 rings (SSSR count). The van der Waals surface area contributed by atoms with E-state index < -0.39 is 0 Å². The van der Waals surface area contributed by atoms with Crippen LogP contribution in [0.3, 0.4) is 0 Å². The first-order valence-electron chi connectivity index (χ1n) is 5.97. The van der Waals surface area contributed by atoms with Crippen molar-refractivity contribution in [2.24, 2.45) is 0 Å². The van der Waals surface area contributed by atoms with E-state index in [1.807, 2.05) is 18.2 Å². The first-order valence-corrected chi connectivity index (χ1v) is 8.46. The molecule has 0 fully saturated rings. The van der Waals surface area contributed by atoms with Gasteiger partial charge in [-0.05, 0) is 18.2 Å². The summed E-state index contributed by atoms with van der Waals surface area (Å²) in [6.07, 6.45) is 0. The maximum absolute atomic E-state index is 12.2. The van der Waals surface area contributed by atoms with Crippen molar-refractivity contribution in [3.05, 3.63) is 48.3 Å². The van der Waals surface area contributed by atoms with E-state index in [1.165, 1.54) is 11.3 Å². The third-order valence-corrected chi connectivity index (χ3v) is 5.30. The average Bonchev–Trinajstić information content (AvgIpc) is 3.01. The van der Waals surface area contributed by atoms with Crippen molar-refractivity contribution in [1.82, 2.24) is 10.3 Å². The summed E-state index contributed by atoms with van der Waals surface area (Å²) in [7, 11) is 0. The molecule has 3 aromatic rings. The number of thiazole rings is 1. The molecule has 0 saturated heterocycles. The number of fused-ring (bicyclic) bond motifs is 1. The molecule has 1 amide bonds. The molecule has 2 heterocycles. The first-order chi connectivity index (χ1) is 10.0. The number of hydrogen-bond acceptors (Lipinski definition) is 5. The van der Waals surface area contributed by atoms with Gasteiger partial charge < -0.3 is 16.0 Å². The molecule has 0 spiro atoms. The number of rotatable bonds is 3. The predicted molar refractivity (Wildman–Crippen MR) is 90.0 cm³/mol. The molecule has 0 aliphatic rings. The van der Waals surface area contributed by atoms with E-state index in [2.05, 4.69) is 26.2 Å². The molecule has 1 aromatic carbocycles. The van der Waals surface area contributed by atoms with Crippen LogP contribution in [0.2, 0.25) is 0 Å². The van der Waals surface area contributed by atoms with Gasteiger partial charge in [0.05, 0.1) is 12.2 Å². The molecule has 0 atom stereocenters. The number of aromatic nitrogens is 1. The van der Waals surface area contributed by atoms with Crippen LogP contribution in [0.1, 0.15) is 15.4 Å². The van der Waals surface area contributed by atoms with Gasteiger partial charge in [0, 0.05) is 25.6 Å². The normalized spacial score (nSPS) is 10.9. The number of thiophene rings is 1. The van der Waals surface area contributed by atoms with Gasteiger partial charge in [0.2, 0.25) is 0 Å². The van der Waals surface area contributed by atoms with Crippen LogP contribution in [-0.4, -0.2) is 10.9 Å². The Morgan fingerprint density at radius 1 is 1.43 bits per heavy atom. The zero-order valence-electron chi connectivity index (χ0n) is 10.6. The van der Waals surface area contributed by atoms with Gasteiger partial charge >= 0.3 is 4.87 Å². The summed E-state index contributed by atoms with van der Waals surface area (Å²) in [6, 6.07) is 5.73.